The Hall–Kier alpha value is -1.57. The summed E-state index contributed by atoms with van der Waals surface area (Å²) in [6.07, 6.45) is -5.41. The van der Waals surface area contributed by atoms with Gasteiger partial charge < -0.3 is 10.7 Å². The molecule has 0 aromatic carbocycles. The summed E-state index contributed by atoms with van der Waals surface area (Å²) >= 11 is 4.66. The molecular formula is C8H5ClF4N2O2. The van der Waals surface area contributed by atoms with Crippen LogP contribution in [0.25, 0.3) is 0 Å². The molecule has 1 rings (SSSR count). The number of amides is 1. The van der Waals surface area contributed by atoms with Crippen molar-refractivity contribution >= 4 is 17.5 Å². The summed E-state index contributed by atoms with van der Waals surface area (Å²) in [5.41, 5.74) is 1.69. The van der Waals surface area contributed by atoms with Gasteiger partial charge in [0.05, 0.1) is 5.69 Å². The Labute approximate surface area is 96.4 Å². The number of aromatic nitrogens is 1. The molecule has 0 aliphatic heterocycles. The van der Waals surface area contributed by atoms with Gasteiger partial charge in [-0.15, -0.1) is 0 Å². The van der Waals surface area contributed by atoms with Gasteiger partial charge in [0, 0.05) is 0 Å². The van der Waals surface area contributed by atoms with Gasteiger partial charge in [-0.3, -0.25) is 9.59 Å². The normalized spacial score (nSPS) is 15.4. The van der Waals surface area contributed by atoms with Crippen molar-refractivity contribution in [3.8, 4) is 0 Å². The van der Waals surface area contributed by atoms with E-state index in [4.69, 9.17) is 5.73 Å². The topological polar surface area (TPSA) is 76.0 Å². The van der Waals surface area contributed by atoms with Crippen molar-refractivity contribution < 1.29 is 22.4 Å². The van der Waals surface area contributed by atoms with E-state index in [9.17, 15) is 27.2 Å². The van der Waals surface area contributed by atoms with Crippen LogP contribution in [-0.4, -0.2) is 17.1 Å². The average molecular weight is 273 g/mol. The molecule has 0 aliphatic rings. The minimum Gasteiger partial charge on any atom is -0.365 e. The number of aromatic amines is 1. The summed E-state index contributed by atoms with van der Waals surface area (Å²) in [4.78, 5) is 23.3. The number of carbonyl (C=O) groups excluding carboxylic acids is 1. The Bertz CT molecular complexity index is 509. The van der Waals surface area contributed by atoms with E-state index in [2.05, 4.69) is 11.6 Å². The van der Waals surface area contributed by atoms with Crippen LogP contribution in [0, 0.1) is 0 Å². The first-order chi connectivity index (χ1) is 7.57. The van der Waals surface area contributed by atoms with Gasteiger partial charge >= 0.3 is 11.3 Å². The number of H-pyrrole nitrogens is 1. The fraction of sp³-hybridized carbons (Fsp3) is 0.250. The monoisotopic (exact) mass is 272 g/mol. The number of nitrogens with two attached hydrogens (primary N) is 1. The molecule has 0 radical (unpaired) electrons. The number of primary amides is 1. The van der Waals surface area contributed by atoms with Crippen LogP contribution in [0.4, 0.5) is 17.6 Å². The number of hydrogen-bond donors (Lipinski definition) is 2. The molecule has 1 aromatic rings. The zero-order chi connectivity index (χ0) is 13.4. The van der Waals surface area contributed by atoms with Crippen LogP contribution in [0.2, 0.25) is 0 Å². The molecule has 0 spiro atoms. The first-order valence-electron chi connectivity index (χ1n) is 4.05. The number of carbonyl (C=O) groups is 1. The molecule has 94 valence electrons. The summed E-state index contributed by atoms with van der Waals surface area (Å²) in [5.74, 6) is -1.15. The van der Waals surface area contributed by atoms with Crippen molar-refractivity contribution in [1.82, 2.24) is 4.98 Å². The van der Waals surface area contributed by atoms with Gasteiger partial charge in [-0.05, 0) is 12.1 Å². The average Bonchev–Trinajstić information content (AvgIpc) is 2.14. The molecule has 0 saturated carbocycles. The van der Waals surface area contributed by atoms with Gasteiger partial charge in [0.15, 0.2) is 0 Å². The van der Waals surface area contributed by atoms with Crippen molar-refractivity contribution in [2.75, 3.05) is 0 Å². The predicted molar refractivity (Wildman–Crippen MR) is 50.3 cm³/mol. The lowest BCUT2D eigenvalue weighted by Gasteiger charge is -2.20. The smallest absolute Gasteiger partial charge is 0.365 e. The molecule has 4 nitrogen and oxygen atoms in total. The standard InChI is InChI=1S/C8H5ClF4N2O2/c9-7(10,8(11,12)13)4-2-1-3(5(14)16)6(17)15-4/h1-2H,(H2,14,16)(H,15,17). The van der Waals surface area contributed by atoms with Crippen molar-refractivity contribution in [2.45, 2.75) is 11.3 Å². The van der Waals surface area contributed by atoms with E-state index in [0.717, 1.165) is 0 Å². The minimum absolute atomic E-state index is 0.530. The highest BCUT2D eigenvalue weighted by molar-refractivity contribution is 6.23. The van der Waals surface area contributed by atoms with E-state index < -0.39 is 34.0 Å². The van der Waals surface area contributed by atoms with E-state index in [1.165, 1.54) is 4.98 Å². The maximum absolute atomic E-state index is 13.2. The van der Waals surface area contributed by atoms with Crippen LogP contribution >= 0.6 is 11.6 Å². The highest BCUT2D eigenvalue weighted by Gasteiger charge is 2.57. The third kappa shape index (κ3) is 2.41. The van der Waals surface area contributed by atoms with E-state index in [1.54, 1.807) is 0 Å². The fourth-order valence-corrected chi connectivity index (χ4v) is 1.11. The second-order valence-electron chi connectivity index (χ2n) is 3.05. The number of alkyl halides is 5. The molecule has 1 aromatic heterocycles. The highest BCUT2D eigenvalue weighted by atomic mass is 35.5. The molecule has 1 atom stereocenters. The molecule has 3 N–H and O–H groups in total. The Morgan fingerprint density at radius 2 is 1.82 bits per heavy atom. The number of hydrogen-bond acceptors (Lipinski definition) is 2. The van der Waals surface area contributed by atoms with Crippen LogP contribution < -0.4 is 11.3 Å². The Morgan fingerprint density at radius 3 is 2.18 bits per heavy atom. The summed E-state index contributed by atoms with van der Waals surface area (Å²) in [6, 6.07) is 1.20. The summed E-state index contributed by atoms with van der Waals surface area (Å²) < 4.78 is 49.8. The fourth-order valence-electron chi connectivity index (χ4n) is 1.00. The summed E-state index contributed by atoms with van der Waals surface area (Å²) in [7, 11) is 0. The summed E-state index contributed by atoms with van der Waals surface area (Å²) in [6.45, 7) is 0. The molecule has 0 aliphatic carbocycles. The summed E-state index contributed by atoms with van der Waals surface area (Å²) in [5, 5.41) is -4.23. The third-order valence-electron chi connectivity index (χ3n) is 1.87. The van der Waals surface area contributed by atoms with Gasteiger partial charge in [-0.2, -0.15) is 13.2 Å². The van der Waals surface area contributed by atoms with Gasteiger partial charge in [0.2, 0.25) is 0 Å². The molecule has 0 saturated heterocycles. The Balaban J connectivity index is 3.33. The van der Waals surface area contributed by atoms with Crippen LogP contribution in [0.5, 0.6) is 0 Å². The quantitative estimate of drug-likeness (QED) is 0.631. The van der Waals surface area contributed by atoms with E-state index in [1.807, 2.05) is 0 Å². The first-order valence-corrected chi connectivity index (χ1v) is 4.43. The first kappa shape index (κ1) is 13.5. The number of rotatable bonds is 2. The maximum Gasteiger partial charge on any atom is 0.443 e. The molecule has 9 heteroatoms. The van der Waals surface area contributed by atoms with Crippen LogP contribution in [0.1, 0.15) is 16.1 Å². The van der Waals surface area contributed by atoms with Crippen LogP contribution in [0.3, 0.4) is 0 Å². The van der Waals surface area contributed by atoms with Crippen molar-refractivity contribution in [3.05, 3.63) is 33.7 Å². The zero-order valence-corrected chi connectivity index (χ0v) is 8.69. The number of nitrogens with one attached hydrogen (secondary N) is 1. The van der Waals surface area contributed by atoms with Gasteiger partial charge in [0.1, 0.15) is 5.56 Å². The van der Waals surface area contributed by atoms with Gasteiger partial charge in [-0.25, -0.2) is 4.39 Å². The van der Waals surface area contributed by atoms with E-state index in [-0.39, 0.29) is 0 Å². The maximum atomic E-state index is 13.2. The second-order valence-corrected chi connectivity index (χ2v) is 3.57. The lowest BCUT2D eigenvalue weighted by Crippen LogP contribution is -2.36. The van der Waals surface area contributed by atoms with Crippen molar-refractivity contribution in [3.63, 3.8) is 0 Å². The molecule has 0 fully saturated rings. The molecular weight excluding hydrogens is 268 g/mol. The van der Waals surface area contributed by atoms with Crippen LogP contribution in [0.15, 0.2) is 16.9 Å². The van der Waals surface area contributed by atoms with Crippen molar-refractivity contribution in [2.24, 2.45) is 5.73 Å². The SMILES string of the molecule is NC(=O)c1ccc(C(F)(Cl)C(F)(F)F)[nH]c1=O. The second kappa shape index (κ2) is 4.02. The Morgan fingerprint density at radius 1 is 1.29 bits per heavy atom. The molecule has 0 bridgehead atoms. The third-order valence-corrected chi connectivity index (χ3v) is 2.29. The molecule has 1 unspecified atom stereocenters. The highest BCUT2D eigenvalue weighted by Crippen LogP contribution is 2.44. The number of halogens is 5. The Kier molecular flexibility index (Phi) is 3.19. The molecule has 1 amide bonds. The van der Waals surface area contributed by atoms with E-state index >= 15 is 0 Å². The predicted octanol–water partition coefficient (Wildman–Crippen LogP) is 1.40. The molecule has 1 heterocycles. The lowest BCUT2D eigenvalue weighted by molar-refractivity contribution is -0.203. The number of pyridine rings is 1. The zero-order valence-electron chi connectivity index (χ0n) is 7.94. The van der Waals surface area contributed by atoms with Gasteiger partial charge in [-0.1, -0.05) is 11.6 Å². The van der Waals surface area contributed by atoms with E-state index in [0.29, 0.717) is 12.1 Å². The van der Waals surface area contributed by atoms with Crippen molar-refractivity contribution in [1.29, 1.82) is 0 Å². The van der Waals surface area contributed by atoms with Crippen LogP contribution in [-0.2, 0) is 5.13 Å². The minimum atomic E-state index is -5.41. The largest absolute Gasteiger partial charge is 0.443 e. The van der Waals surface area contributed by atoms with Gasteiger partial charge in [0.25, 0.3) is 11.5 Å². The lowest BCUT2D eigenvalue weighted by atomic mass is 10.2. The molecule has 17 heavy (non-hydrogen) atoms.